The molecule has 0 aliphatic heterocycles. The highest BCUT2D eigenvalue weighted by Gasteiger charge is 2.35. The Balaban J connectivity index is 1.72. The number of nitrogens with one attached hydrogen (secondary N) is 1. The van der Waals surface area contributed by atoms with Crippen molar-refractivity contribution in [2.75, 3.05) is 12.4 Å². The van der Waals surface area contributed by atoms with Crippen molar-refractivity contribution in [2.45, 2.75) is 38.4 Å². The lowest BCUT2D eigenvalue weighted by Crippen LogP contribution is -2.43. The van der Waals surface area contributed by atoms with Crippen LogP contribution in [0.25, 0.3) is 0 Å². The molecule has 6 heteroatoms. The molecule has 2 aromatic rings. The number of hydrogen-bond donors (Lipinski definition) is 1. The van der Waals surface area contributed by atoms with Crippen LogP contribution in [0, 0.1) is 5.82 Å². The molecule has 1 N–H and O–H groups in total. The highest BCUT2D eigenvalue weighted by Crippen LogP contribution is 2.32. The zero-order chi connectivity index (χ0) is 18.7. The van der Waals surface area contributed by atoms with Crippen LogP contribution in [0.15, 0.2) is 42.5 Å². The topological polar surface area (TPSA) is 41.6 Å². The van der Waals surface area contributed by atoms with Gasteiger partial charge in [0.2, 0.25) is 5.91 Å². The lowest BCUT2D eigenvalue weighted by Gasteiger charge is -2.28. The zero-order valence-corrected chi connectivity index (χ0v) is 15.6. The first-order valence-electron chi connectivity index (χ1n) is 8.62. The fourth-order valence-electron chi connectivity index (χ4n) is 2.95. The minimum atomic E-state index is -0.337. The average molecular weight is 377 g/mol. The molecule has 2 aromatic carbocycles. The van der Waals surface area contributed by atoms with Crippen molar-refractivity contribution in [3.05, 3.63) is 58.9 Å². The van der Waals surface area contributed by atoms with Crippen molar-refractivity contribution >= 4 is 23.2 Å². The van der Waals surface area contributed by atoms with E-state index in [1.807, 2.05) is 6.92 Å². The third kappa shape index (κ3) is 4.54. The largest absolute Gasteiger partial charge is 0.495 e. The number of methoxy groups -OCH3 is 1. The van der Waals surface area contributed by atoms with Gasteiger partial charge in [0.25, 0.3) is 0 Å². The average Bonchev–Trinajstić information content (AvgIpc) is 3.46. The second-order valence-corrected chi connectivity index (χ2v) is 6.98. The van der Waals surface area contributed by atoms with Crippen molar-refractivity contribution in [1.29, 1.82) is 0 Å². The summed E-state index contributed by atoms with van der Waals surface area (Å²) in [6.07, 6.45) is 2.14. The van der Waals surface area contributed by atoms with Crippen molar-refractivity contribution in [2.24, 2.45) is 0 Å². The van der Waals surface area contributed by atoms with E-state index in [4.69, 9.17) is 16.3 Å². The van der Waals surface area contributed by atoms with Gasteiger partial charge in [0.1, 0.15) is 11.6 Å². The molecule has 0 saturated heterocycles. The van der Waals surface area contributed by atoms with Crippen molar-refractivity contribution in [3.8, 4) is 5.75 Å². The highest BCUT2D eigenvalue weighted by molar-refractivity contribution is 6.31. The highest BCUT2D eigenvalue weighted by atomic mass is 35.5. The van der Waals surface area contributed by atoms with E-state index in [1.54, 1.807) is 37.4 Å². The maximum Gasteiger partial charge on any atom is 0.241 e. The first-order valence-corrected chi connectivity index (χ1v) is 9.00. The fraction of sp³-hybridized carbons (Fsp3) is 0.350. The number of hydrogen-bond acceptors (Lipinski definition) is 3. The molecule has 1 aliphatic carbocycles. The Labute approximate surface area is 157 Å². The molecule has 0 spiro atoms. The van der Waals surface area contributed by atoms with Gasteiger partial charge in [-0.2, -0.15) is 0 Å². The second-order valence-electron chi connectivity index (χ2n) is 6.54. The smallest absolute Gasteiger partial charge is 0.241 e. The van der Waals surface area contributed by atoms with Gasteiger partial charge in [-0.1, -0.05) is 23.7 Å². The van der Waals surface area contributed by atoms with E-state index < -0.39 is 0 Å². The normalized spacial score (nSPS) is 15.0. The third-order valence-electron chi connectivity index (χ3n) is 4.59. The maximum atomic E-state index is 13.1. The first kappa shape index (κ1) is 18.7. The van der Waals surface area contributed by atoms with Crippen LogP contribution in [-0.2, 0) is 11.3 Å². The molecule has 0 radical (unpaired) electrons. The Hall–Kier alpha value is -2.11. The molecule has 1 atom stereocenters. The van der Waals surface area contributed by atoms with Gasteiger partial charge < -0.3 is 10.1 Å². The molecule has 0 aromatic heterocycles. The van der Waals surface area contributed by atoms with E-state index in [1.165, 1.54) is 12.1 Å². The summed E-state index contributed by atoms with van der Waals surface area (Å²) in [6.45, 7) is 2.49. The third-order valence-corrected chi connectivity index (χ3v) is 4.83. The molecule has 26 heavy (non-hydrogen) atoms. The van der Waals surface area contributed by atoms with Crippen LogP contribution in [0.2, 0.25) is 5.02 Å². The van der Waals surface area contributed by atoms with Crippen LogP contribution in [0.1, 0.15) is 25.3 Å². The lowest BCUT2D eigenvalue weighted by atomic mass is 10.1. The van der Waals surface area contributed by atoms with E-state index in [-0.39, 0.29) is 17.8 Å². The first-order chi connectivity index (χ1) is 12.5. The minimum absolute atomic E-state index is 0.125. The summed E-state index contributed by atoms with van der Waals surface area (Å²) in [5.74, 6) is 0.177. The second kappa shape index (κ2) is 8.06. The molecule has 1 amide bonds. The number of nitrogens with zero attached hydrogens (tertiary/aromatic N) is 1. The van der Waals surface area contributed by atoms with Gasteiger partial charge in [0, 0.05) is 17.6 Å². The van der Waals surface area contributed by atoms with E-state index in [9.17, 15) is 9.18 Å². The predicted molar refractivity (Wildman–Crippen MR) is 101 cm³/mol. The van der Waals surface area contributed by atoms with Crippen LogP contribution in [0.4, 0.5) is 10.1 Å². The van der Waals surface area contributed by atoms with E-state index in [0.717, 1.165) is 18.4 Å². The summed E-state index contributed by atoms with van der Waals surface area (Å²) in [5.41, 5.74) is 1.53. The van der Waals surface area contributed by atoms with Gasteiger partial charge in [-0.25, -0.2) is 4.39 Å². The number of ether oxygens (including phenoxy) is 1. The van der Waals surface area contributed by atoms with Crippen LogP contribution in [0.3, 0.4) is 0 Å². The van der Waals surface area contributed by atoms with Crippen LogP contribution in [0.5, 0.6) is 5.75 Å². The zero-order valence-electron chi connectivity index (χ0n) is 14.8. The molecule has 0 unspecified atom stereocenters. The summed E-state index contributed by atoms with van der Waals surface area (Å²) in [5, 5.41) is 3.44. The van der Waals surface area contributed by atoms with Crippen molar-refractivity contribution in [3.63, 3.8) is 0 Å². The number of amides is 1. The summed E-state index contributed by atoms with van der Waals surface area (Å²) >= 11 is 6.03. The molecule has 138 valence electrons. The van der Waals surface area contributed by atoms with E-state index in [2.05, 4.69) is 10.2 Å². The van der Waals surface area contributed by atoms with Crippen molar-refractivity contribution < 1.29 is 13.9 Å². The predicted octanol–water partition coefficient (Wildman–Crippen LogP) is 4.48. The van der Waals surface area contributed by atoms with Crippen LogP contribution < -0.4 is 10.1 Å². The molecule has 0 bridgehead atoms. The number of anilines is 1. The van der Waals surface area contributed by atoms with Gasteiger partial charge in [0.05, 0.1) is 18.8 Å². The summed E-state index contributed by atoms with van der Waals surface area (Å²) in [4.78, 5) is 15.0. The Kier molecular flexibility index (Phi) is 5.79. The number of rotatable bonds is 7. The quantitative estimate of drug-likeness (QED) is 0.774. The molecule has 1 aliphatic rings. The minimum Gasteiger partial charge on any atom is -0.495 e. The molecule has 0 heterocycles. The van der Waals surface area contributed by atoms with Gasteiger partial charge in [-0.15, -0.1) is 0 Å². The summed E-state index contributed by atoms with van der Waals surface area (Å²) < 4.78 is 18.4. The molecule has 4 nitrogen and oxygen atoms in total. The Morgan fingerprint density at radius 1 is 1.31 bits per heavy atom. The summed E-state index contributed by atoms with van der Waals surface area (Å²) in [7, 11) is 1.55. The van der Waals surface area contributed by atoms with Crippen LogP contribution >= 0.6 is 11.6 Å². The molecule has 3 rings (SSSR count). The summed E-state index contributed by atoms with van der Waals surface area (Å²) in [6, 6.07) is 11.6. The number of benzene rings is 2. The SMILES string of the molecule is COc1ccc(Cl)cc1NC(=O)[C@H](C)N(Cc1ccc(F)cc1)C1CC1. The monoisotopic (exact) mass is 376 g/mol. The van der Waals surface area contributed by atoms with E-state index >= 15 is 0 Å². The Morgan fingerprint density at radius 3 is 2.62 bits per heavy atom. The van der Waals surface area contributed by atoms with Crippen LogP contribution in [-0.4, -0.2) is 30.0 Å². The van der Waals surface area contributed by atoms with Gasteiger partial charge >= 0.3 is 0 Å². The molecular weight excluding hydrogens is 355 g/mol. The Bertz CT molecular complexity index is 778. The maximum absolute atomic E-state index is 13.1. The standard InChI is InChI=1S/C20H22ClFN2O2/c1-13(20(25)23-18-11-15(21)5-10-19(18)26-2)24(17-8-9-17)12-14-3-6-16(22)7-4-14/h3-7,10-11,13,17H,8-9,12H2,1-2H3,(H,23,25)/t13-/m0/s1. The molecule has 1 fully saturated rings. The molecular formula is C20H22ClFN2O2. The van der Waals surface area contributed by atoms with Gasteiger partial charge in [-0.3, -0.25) is 9.69 Å². The lowest BCUT2D eigenvalue weighted by molar-refractivity contribution is -0.121. The number of carbonyl (C=O) groups excluding carboxylic acids is 1. The number of carbonyl (C=O) groups is 1. The van der Waals surface area contributed by atoms with Crippen molar-refractivity contribution in [1.82, 2.24) is 4.90 Å². The van der Waals surface area contributed by atoms with Gasteiger partial charge in [-0.05, 0) is 55.7 Å². The molecule has 1 saturated carbocycles. The van der Waals surface area contributed by atoms with E-state index in [0.29, 0.717) is 29.0 Å². The number of halogens is 2. The fourth-order valence-corrected chi connectivity index (χ4v) is 3.13. The van der Waals surface area contributed by atoms with Gasteiger partial charge in [0.15, 0.2) is 0 Å². The Morgan fingerprint density at radius 2 is 2.00 bits per heavy atom.